The molecule has 2 rings (SSSR count). The van der Waals surface area contributed by atoms with E-state index in [0.717, 1.165) is 18.0 Å². The Morgan fingerprint density at radius 1 is 1.53 bits per heavy atom. The number of nitrogens with zero attached hydrogens (tertiary/aromatic N) is 2. The summed E-state index contributed by atoms with van der Waals surface area (Å²) in [6, 6.07) is 0.452. The van der Waals surface area contributed by atoms with E-state index in [2.05, 4.69) is 9.97 Å². The van der Waals surface area contributed by atoms with Gasteiger partial charge in [-0.05, 0) is 12.8 Å². The molecule has 94 valence electrons. The summed E-state index contributed by atoms with van der Waals surface area (Å²) in [6.07, 6.45) is 9.64. The zero-order valence-electron chi connectivity index (χ0n) is 10.2. The molecule has 0 radical (unpaired) electrons. The summed E-state index contributed by atoms with van der Waals surface area (Å²) >= 11 is 1.47. The van der Waals surface area contributed by atoms with Gasteiger partial charge in [0.25, 0.3) is 0 Å². The number of aromatic nitrogens is 2. The largest absolute Gasteiger partial charge is 0.342 e. The Balaban J connectivity index is 1.78. The van der Waals surface area contributed by atoms with Gasteiger partial charge in [0.15, 0.2) is 5.16 Å². The quantitative estimate of drug-likeness (QED) is 0.838. The van der Waals surface area contributed by atoms with E-state index in [-0.39, 0.29) is 5.91 Å². The first-order valence-electron chi connectivity index (χ1n) is 6.15. The molecule has 0 aliphatic heterocycles. The molecular formula is C12H19N3OS. The van der Waals surface area contributed by atoms with E-state index in [1.807, 2.05) is 11.9 Å². The molecule has 1 fully saturated rings. The highest BCUT2D eigenvalue weighted by atomic mass is 32.2. The van der Waals surface area contributed by atoms with Crippen LogP contribution in [0.5, 0.6) is 0 Å². The molecule has 1 aromatic rings. The Morgan fingerprint density at radius 3 is 2.94 bits per heavy atom. The van der Waals surface area contributed by atoms with Crippen LogP contribution in [0.2, 0.25) is 0 Å². The van der Waals surface area contributed by atoms with E-state index < -0.39 is 0 Å². The molecule has 0 saturated heterocycles. The highest BCUT2D eigenvalue weighted by Crippen LogP contribution is 2.22. The smallest absolute Gasteiger partial charge is 0.233 e. The molecule has 1 heterocycles. The average Bonchev–Trinajstić information content (AvgIpc) is 2.89. The maximum absolute atomic E-state index is 12.0. The lowest BCUT2D eigenvalue weighted by Gasteiger charge is -2.31. The predicted octanol–water partition coefficient (Wildman–Crippen LogP) is 2.29. The summed E-state index contributed by atoms with van der Waals surface area (Å²) in [5, 5.41) is 0.815. The van der Waals surface area contributed by atoms with Gasteiger partial charge in [0.1, 0.15) is 0 Å². The first-order valence-corrected chi connectivity index (χ1v) is 7.14. The Morgan fingerprint density at radius 2 is 2.29 bits per heavy atom. The van der Waals surface area contributed by atoms with Crippen molar-refractivity contribution in [3.8, 4) is 0 Å². The van der Waals surface area contributed by atoms with Crippen LogP contribution in [0, 0.1) is 0 Å². The van der Waals surface area contributed by atoms with Gasteiger partial charge in [0.05, 0.1) is 5.75 Å². The number of carbonyl (C=O) groups excluding carboxylic acids is 1. The maximum atomic E-state index is 12.0. The molecule has 1 aromatic heterocycles. The summed E-state index contributed by atoms with van der Waals surface area (Å²) in [4.78, 5) is 21.0. The fourth-order valence-electron chi connectivity index (χ4n) is 2.23. The number of carbonyl (C=O) groups is 1. The van der Waals surface area contributed by atoms with Gasteiger partial charge < -0.3 is 9.88 Å². The number of hydrogen-bond acceptors (Lipinski definition) is 3. The summed E-state index contributed by atoms with van der Waals surface area (Å²) in [5.41, 5.74) is 0. The minimum Gasteiger partial charge on any atom is -0.342 e. The SMILES string of the molecule is CN(C(=O)CSc1ncc[nH]1)C1CCCCC1. The van der Waals surface area contributed by atoms with Gasteiger partial charge in [-0.15, -0.1) is 0 Å². The van der Waals surface area contributed by atoms with Crippen LogP contribution in [-0.4, -0.2) is 39.6 Å². The summed E-state index contributed by atoms with van der Waals surface area (Å²) in [6.45, 7) is 0. The minimum absolute atomic E-state index is 0.207. The lowest BCUT2D eigenvalue weighted by molar-refractivity contribution is -0.129. The normalized spacial score (nSPS) is 17.0. The Hall–Kier alpha value is -0.970. The van der Waals surface area contributed by atoms with Crippen LogP contribution < -0.4 is 0 Å². The van der Waals surface area contributed by atoms with Crippen molar-refractivity contribution in [1.29, 1.82) is 0 Å². The summed E-state index contributed by atoms with van der Waals surface area (Å²) < 4.78 is 0. The Kier molecular flexibility index (Phi) is 4.48. The number of nitrogens with one attached hydrogen (secondary N) is 1. The van der Waals surface area contributed by atoms with Gasteiger partial charge in [-0.2, -0.15) is 0 Å². The van der Waals surface area contributed by atoms with Crippen LogP contribution >= 0.6 is 11.8 Å². The second-order valence-electron chi connectivity index (χ2n) is 4.48. The number of imidazole rings is 1. The van der Waals surface area contributed by atoms with Gasteiger partial charge in [-0.25, -0.2) is 4.98 Å². The molecule has 0 unspecified atom stereocenters. The minimum atomic E-state index is 0.207. The van der Waals surface area contributed by atoms with E-state index in [9.17, 15) is 4.79 Å². The topological polar surface area (TPSA) is 49.0 Å². The summed E-state index contributed by atoms with van der Waals surface area (Å²) in [7, 11) is 1.93. The van der Waals surface area contributed by atoms with Crippen molar-refractivity contribution in [2.75, 3.05) is 12.8 Å². The lowest BCUT2D eigenvalue weighted by Crippen LogP contribution is -2.39. The van der Waals surface area contributed by atoms with Crippen molar-refractivity contribution in [3.05, 3.63) is 12.4 Å². The first-order chi connectivity index (χ1) is 8.27. The van der Waals surface area contributed by atoms with Gasteiger partial charge in [-0.3, -0.25) is 4.79 Å². The van der Waals surface area contributed by atoms with Crippen LogP contribution in [0.25, 0.3) is 0 Å². The molecule has 5 heteroatoms. The number of thioether (sulfide) groups is 1. The first kappa shape index (κ1) is 12.5. The van der Waals surface area contributed by atoms with Crippen molar-refractivity contribution < 1.29 is 4.79 Å². The lowest BCUT2D eigenvalue weighted by atomic mass is 9.94. The van der Waals surface area contributed by atoms with Crippen LogP contribution in [0.3, 0.4) is 0 Å². The van der Waals surface area contributed by atoms with Crippen molar-refractivity contribution >= 4 is 17.7 Å². The van der Waals surface area contributed by atoms with E-state index in [4.69, 9.17) is 0 Å². The molecule has 17 heavy (non-hydrogen) atoms. The molecule has 0 atom stereocenters. The fraction of sp³-hybridized carbons (Fsp3) is 0.667. The monoisotopic (exact) mass is 253 g/mol. The average molecular weight is 253 g/mol. The zero-order valence-corrected chi connectivity index (χ0v) is 11.0. The number of H-pyrrole nitrogens is 1. The number of hydrogen-bond donors (Lipinski definition) is 1. The van der Waals surface area contributed by atoms with Crippen LogP contribution in [0.15, 0.2) is 17.6 Å². The van der Waals surface area contributed by atoms with Gasteiger partial charge in [-0.1, -0.05) is 31.0 Å². The van der Waals surface area contributed by atoms with E-state index in [1.165, 1.54) is 31.0 Å². The molecule has 0 spiro atoms. The van der Waals surface area contributed by atoms with Crippen molar-refractivity contribution in [2.24, 2.45) is 0 Å². The third-order valence-electron chi connectivity index (χ3n) is 3.32. The van der Waals surface area contributed by atoms with Gasteiger partial charge in [0.2, 0.25) is 5.91 Å². The third kappa shape index (κ3) is 3.49. The highest BCUT2D eigenvalue weighted by molar-refractivity contribution is 7.99. The molecular weight excluding hydrogens is 234 g/mol. The molecule has 1 aliphatic carbocycles. The highest BCUT2D eigenvalue weighted by Gasteiger charge is 2.21. The number of rotatable bonds is 4. The molecule has 0 aromatic carbocycles. The van der Waals surface area contributed by atoms with Gasteiger partial charge >= 0.3 is 0 Å². The zero-order chi connectivity index (χ0) is 12.1. The second-order valence-corrected chi connectivity index (χ2v) is 5.44. The fourth-order valence-corrected chi connectivity index (χ4v) is 2.98. The van der Waals surface area contributed by atoms with Crippen LogP contribution in [0.1, 0.15) is 32.1 Å². The molecule has 1 N–H and O–H groups in total. The predicted molar refractivity (Wildman–Crippen MR) is 69.0 cm³/mol. The standard InChI is InChI=1S/C12H19N3OS/c1-15(10-5-3-2-4-6-10)11(16)9-17-12-13-7-8-14-12/h7-8,10H,2-6,9H2,1H3,(H,13,14). The number of aromatic amines is 1. The van der Waals surface area contributed by atoms with E-state index in [1.54, 1.807) is 12.4 Å². The summed E-state index contributed by atoms with van der Waals surface area (Å²) in [5.74, 6) is 0.679. The molecule has 1 aliphatic rings. The van der Waals surface area contributed by atoms with E-state index in [0.29, 0.717) is 11.8 Å². The van der Waals surface area contributed by atoms with Crippen LogP contribution in [0.4, 0.5) is 0 Å². The van der Waals surface area contributed by atoms with Crippen molar-refractivity contribution in [3.63, 3.8) is 0 Å². The Bertz CT molecular complexity index is 347. The second kappa shape index (κ2) is 6.10. The molecule has 0 bridgehead atoms. The molecule has 1 amide bonds. The Labute approximate surface area is 106 Å². The number of amides is 1. The third-order valence-corrected chi connectivity index (χ3v) is 4.21. The van der Waals surface area contributed by atoms with Crippen LogP contribution in [-0.2, 0) is 4.79 Å². The van der Waals surface area contributed by atoms with E-state index >= 15 is 0 Å². The van der Waals surface area contributed by atoms with Crippen molar-refractivity contribution in [2.45, 2.75) is 43.3 Å². The molecule has 4 nitrogen and oxygen atoms in total. The molecule has 1 saturated carbocycles. The van der Waals surface area contributed by atoms with Crippen molar-refractivity contribution in [1.82, 2.24) is 14.9 Å². The maximum Gasteiger partial charge on any atom is 0.233 e. The van der Waals surface area contributed by atoms with Gasteiger partial charge in [0, 0.05) is 25.5 Å².